The second kappa shape index (κ2) is 8.45. The van der Waals surface area contributed by atoms with Gasteiger partial charge in [-0.3, -0.25) is 4.79 Å². The van der Waals surface area contributed by atoms with E-state index in [0.29, 0.717) is 23.9 Å². The van der Waals surface area contributed by atoms with E-state index in [9.17, 15) is 4.79 Å². The number of nitrogens with zero attached hydrogens (tertiary/aromatic N) is 3. The number of thiophene rings is 1. The highest BCUT2D eigenvalue weighted by Crippen LogP contribution is 2.27. The number of benzene rings is 2. The molecule has 2 aromatic carbocycles. The zero-order chi connectivity index (χ0) is 20.2. The van der Waals surface area contributed by atoms with Gasteiger partial charge < -0.3 is 14.2 Å². The molecule has 7 heteroatoms. The molecule has 0 fully saturated rings. The topological polar surface area (TPSA) is 68.5 Å². The predicted molar refractivity (Wildman–Crippen MR) is 113 cm³/mol. The Morgan fingerprint density at radius 3 is 2.79 bits per heavy atom. The van der Waals surface area contributed by atoms with Crippen LogP contribution < -0.4 is 4.74 Å². The van der Waals surface area contributed by atoms with Crippen molar-refractivity contribution in [2.24, 2.45) is 0 Å². The number of aromatic nitrogens is 2. The van der Waals surface area contributed by atoms with Gasteiger partial charge in [0.15, 0.2) is 6.10 Å². The van der Waals surface area contributed by atoms with Gasteiger partial charge in [-0.2, -0.15) is 4.98 Å². The van der Waals surface area contributed by atoms with E-state index in [-0.39, 0.29) is 12.5 Å². The lowest BCUT2D eigenvalue weighted by atomic mass is 10.1. The van der Waals surface area contributed by atoms with Crippen molar-refractivity contribution in [2.45, 2.75) is 26.0 Å². The molecule has 1 atom stereocenters. The Hall–Kier alpha value is -3.19. The van der Waals surface area contributed by atoms with Crippen LogP contribution in [0.5, 0.6) is 5.75 Å². The third-order valence-corrected chi connectivity index (χ3v) is 5.49. The molecular formula is C22H21N3O3S. The molecular weight excluding hydrogens is 386 g/mol. The van der Waals surface area contributed by atoms with Crippen LogP contribution in [0, 0.1) is 0 Å². The SMILES string of the molecule is CC[C@H](Oc1cccc2ccccc12)C(=O)N(C)Cc1nc(-c2cccs2)no1. The third kappa shape index (κ3) is 4.14. The quantitative estimate of drug-likeness (QED) is 0.441. The summed E-state index contributed by atoms with van der Waals surface area (Å²) in [5, 5.41) is 8.01. The molecule has 0 saturated heterocycles. The van der Waals surface area contributed by atoms with E-state index in [4.69, 9.17) is 9.26 Å². The van der Waals surface area contributed by atoms with Crippen LogP contribution in [0.3, 0.4) is 0 Å². The lowest BCUT2D eigenvalue weighted by molar-refractivity contribution is -0.138. The van der Waals surface area contributed by atoms with E-state index in [1.165, 1.54) is 11.3 Å². The van der Waals surface area contributed by atoms with E-state index < -0.39 is 6.10 Å². The van der Waals surface area contributed by atoms with E-state index in [1.54, 1.807) is 11.9 Å². The molecule has 0 N–H and O–H groups in total. The number of amides is 1. The van der Waals surface area contributed by atoms with Crippen molar-refractivity contribution in [1.82, 2.24) is 15.0 Å². The largest absolute Gasteiger partial charge is 0.480 e. The minimum absolute atomic E-state index is 0.128. The fraction of sp³-hybridized carbons (Fsp3) is 0.227. The summed E-state index contributed by atoms with van der Waals surface area (Å²) < 4.78 is 11.4. The Balaban J connectivity index is 1.46. The zero-order valence-electron chi connectivity index (χ0n) is 16.2. The van der Waals surface area contributed by atoms with Gasteiger partial charge in [-0.1, -0.05) is 54.5 Å². The van der Waals surface area contributed by atoms with Crippen LogP contribution in [-0.2, 0) is 11.3 Å². The van der Waals surface area contributed by atoms with Crippen LogP contribution in [0.15, 0.2) is 64.5 Å². The van der Waals surface area contributed by atoms with E-state index in [0.717, 1.165) is 15.6 Å². The second-order valence-corrected chi connectivity index (χ2v) is 7.62. The molecule has 29 heavy (non-hydrogen) atoms. The maximum atomic E-state index is 13.0. The van der Waals surface area contributed by atoms with Gasteiger partial charge in [0.25, 0.3) is 5.91 Å². The molecule has 6 nitrogen and oxygen atoms in total. The lowest BCUT2D eigenvalue weighted by Crippen LogP contribution is -2.39. The normalized spacial score (nSPS) is 12.1. The first-order valence-electron chi connectivity index (χ1n) is 9.41. The summed E-state index contributed by atoms with van der Waals surface area (Å²) in [6.07, 6.45) is -0.0399. The van der Waals surface area contributed by atoms with Crippen molar-refractivity contribution in [3.05, 3.63) is 65.9 Å². The minimum Gasteiger partial charge on any atom is -0.480 e. The van der Waals surface area contributed by atoms with Gasteiger partial charge in [0.2, 0.25) is 11.7 Å². The van der Waals surface area contributed by atoms with Crippen LogP contribution in [0.2, 0.25) is 0 Å². The van der Waals surface area contributed by atoms with Crippen LogP contribution in [0.1, 0.15) is 19.2 Å². The molecule has 0 spiro atoms. The van der Waals surface area contributed by atoms with Crippen LogP contribution >= 0.6 is 11.3 Å². The highest BCUT2D eigenvalue weighted by atomic mass is 32.1. The van der Waals surface area contributed by atoms with Gasteiger partial charge in [0.05, 0.1) is 11.4 Å². The van der Waals surface area contributed by atoms with E-state index in [2.05, 4.69) is 10.1 Å². The molecule has 0 aliphatic carbocycles. The fourth-order valence-electron chi connectivity index (χ4n) is 3.11. The number of hydrogen-bond acceptors (Lipinski definition) is 6. The predicted octanol–water partition coefficient (Wildman–Crippen LogP) is 4.77. The first kappa shape index (κ1) is 19.1. The average Bonchev–Trinajstić information content (AvgIpc) is 3.43. The van der Waals surface area contributed by atoms with Crippen molar-refractivity contribution in [2.75, 3.05) is 7.05 Å². The number of carbonyl (C=O) groups excluding carboxylic acids is 1. The number of rotatable bonds is 7. The molecule has 0 unspecified atom stereocenters. The Morgan fingerprint density at radius 2 is 2.00 bits per heavy atom. The molecule has 4 rings (SSSR count). The monoisotopic (exact) mass is 407 g/mol. The van der Waals surface area contributed by atoms with Crippen molar-refractivity contribution < 1.29 is 14.1 Å². The number of hydrogen-bond donors (Lipinski definition) is 0. The van der Waals surface area contributed by atoms with Crippen LogP contribution in [0.4, 0.5) is 0 Å². The second-order valence-electron chi connectivity index (χ2n) is 6.68. The van der Waals surface area contributed by atoms with Gasteiger partial charge >= 0.3 is 0 Å². The van der Waals surface area contributed by atoms with E-state index in [1.807, 2.05) is 66.9 Å². The van der Waals surface area contributed by atoms with Crippen molar-refractivity contribution >= 4 is 28.0 Å². The molecule has 1 amide bonds. The Labute approximate surface area is 172 Å². The average molecular weight is 407 g/mol. The van der Waals surface area contributed by atoms with Crippen molar-refractivity contribution in [1.29, 1.82) is 0 Å². The molecule has 0 aliphatic heterocycles. The number of fused-ring (bicyclic) bond motifs is 1. The molecule has 0 bridgehead atoms. The van der Waals surface area contributed by atoms with Gasteiger partial charge in [0, 0.05) is 12.4 Å². The van der Waals surface area contributed by atoms with E-state index >= 15 is 0 Å². The molecule has 2 heterocycles. The Kier molecular flexibility index (Phi) is 5.57. The fourth-order valence-corrected chi connectivity index (χ4v) is 3.76. The first-order chi connectivity index (χ1) is 14.2. The highest BCUT2D eigenvalue weighted by Gasteiger charge is 2.24. The van der Waals surface area contributed by atoms with Crippen LogP contribution in [-0.4, -0.2) is 34.1 Å². The molecule has 2 aromatic heterocycles. The summed E-state index contributed by atoms with van der Waals surface area (Å²) in [4.78, 5) is 19.8. The first-order valence-corrected chi connectivity index (χ1v) is 10.3. The van der Waals surface area contributed by atoms with Gasteiger partial charge in [-0.15, -0.1) is 11.3 Å². The minimum atomic E-state index is -0.592. The van der Waals surface area contributed by atoms with Gasteiger partial charge in [0.1, 0.15) is 5.75 Å². The number of likely N-dealkylation sites (N-methyl/N-ethyl adjacent to an activating group) is 1. The smallest absolute Gasteiger partial charge is 0.263 e. The maximum absolute atomic E-state index is 13.0. The Morgan fingerprint density at radius 1 is 1.17 bits per heavy atom. The zero-order valence-corrected chi connectivity index (χ0v) is 17.1. The lowest BCUT2D eigenvalue weighted by Gasteiger charge is -2.23. The summed E-state index contributed by atoms with van der Waals surface area (Å²) >= 11 is 1.54. The maximum Gasteiger partial charge on any atom is 0.263 e. The molecule has 0 saturated carbocycles. The highest BCUT2D eigenvalue weighted by molar-refractivity contribution is 7.13. The Bertz CT molecular complexity index is 1100. The van der Waals surface area contributed by atoms with Gasteiger partial charge in [-0.05, 0) is 29.3 Å². The van der Waals surface area contributed by atoms with Crippen molar-refractivity contribution in [3.63, 3.8) is 0 Å². The third-order valence-electron chi connectivity index (χ3n) is 4.62. The molecule has 4 aromatic rings. The van der Waals surface area contributed by atoms with Crippen molar-refractivity contribution in [3.8, 4) is 16.5 Å². The summed E-state index contributed by atoms with van der Waals surface area (Å²) in [5.41, 5.74) is 0. The standard InChI is InChI=1S/C22H21N3O3S/c1-3-17(27-18-11-6-9-15-8-4-5-10-16(15)18)22(26)25(2)14-20-23-21(24-28-20)19-12-7-13-29-19/h4-13,17H,3,14H2,1-2H3/t17-/m0/s1. The van der Waals surface area contributed by atoms with Gasteiger partial charge in [-0.25, -0.2) is 0 Å². The summed E-state index contributed by atoms with van der Waals surface area (Å²) in [5.74, 6) is 1.50. The number of ether oxygens (including phenoxy) is 1. The summed E-state index contributed by atoms with van der Waals surface area (Å²) in [7, 11) is 1.71. The van der Waals surface area contributed by atoms with Crippen LogP contribution in [0.25, 0.3) is 21.5 Å². The molecule has 0 aliphatic rings. The summed E-state index contributed by atoms with van der Waals surface area (Å²) in [6, 6.07) is 17.7. The molecule has 148 valence electrons. The molecule has 0 radical (unpaired) electrons. The number of carbonyl (C=O) groups is 1. The summed E-state index contributed by atoms with van der Waals surface area (Å²) in [6.45, 7) is 2.16.